The molecule has 0 amide bonds. The average Bonchev–Trinajstić information content (AvgIpc) is 2.45. The molecule has 0 aromatic carbocycles. The summed E-state index contributed by atoms with van der Waals surface area (Å²) in [6, 6.07) is 1.53. The molecule has 1 spiro atoms. The minimum atomic E-state index is 0.296. The van der Waals surface area contributed by atoms with Gasteiger partial charge in [-0.25, -0.2) is 0 Å². The summed E-state index contributed by atoms with van der Waals surface area (Å²) in [5.41, 5.74) is 0.296. The van der Waals surface area contributed by atoms with E-state index in [9.17, 15) is 0 Å². The van der Waals surface area contributed by atoms with E-state index in [0.717, 1.165) is 24.6 Å². The molecule has 2 aliphatic heterocycles. The Bertz CT molecular complexity index is 303. The summed E-state index contributed by atoms with van der Waals surface area (Å²) in [7, 11) is 2.13. The maximum Gasteiger partial charge on any atom is 0.0697 e. The number of ether oxygens (including phenoxy) is 1. The van der Waals surface area contributed by atoms with E-state index in [1.165, 1.54) is 58.0 Å². The normalized spacial score (nSPS) is 39.2. The molecule has 1 aliphatic carbocycles. The molecule has 1 saturated carbocycles. The number of piperidine rings is 1. The van der Waals surface area contributed by atoms with Crippen LogP contribution in [0.4, 0.5) is 0 Å². The van der Waals surface area contributed by atoms with E-state index in [2.05, 4.69) is 24.2 Å². The van der Waals surface area contributed by atoms with Gasteiger partial charge < -0.3 is 10.1 Å². The highest BCUT2D eigenvalue weighted by atomic mass is 16.5. The van der Waals surface area contributed by atoms with Crippen molar-refractivity contribution >= 4 is 0 Å². The van der Waals surface area contributed by atoms with E-state index in [1.54, 1.807) is 0 Å². The smallest absolute Gasteiger partial charge is 0.0697 e. The van der Waals surface area contributed by atoms with Crippen LogP contribution in [-0.2, 0) is 4.74 Å². The maximum absolute atomic E-state index is 6.08. The number of rotatable bonds is 3. The third-order valence-corrected chi connectivity index (χ3v) is 5.91. The summed E-state index contributed by atoms with van der Waals surface area (Å²) < 4.78 is 6.08. The van der Waals surface area contributed by atoms with Crippen LogP contribution in [-0.4, -0.2) is 49.3 Å². The number of likely N-dealkylation sites (tertiary alicyclic amines) is 1. The molecule has 0 radical (unpaired) electrons. The third kappa shape index (κ3) is 2.70. The molecular weight excluding hydrogens is 236 g/mol. The maximum atomic E-state index is 6.08. The molecule has 3 fully saturated rings. The molecule has 3 unspecified atom stereocenters. The van der Waals surface area contributed by atoms with Crippen LogP contribution >= 0.6 is 0 Å². The summed E-state index contributed by atoms with van der Waals surface area (Å²) in [5.74, 6) is 0.832. The molecule has 3 rings (SSSR count). The van der Waals surface area contributed by atoms with Gasteiger partial charge in [-0.2, -0.15) is 0 Å². The molecule has 3 atom stereocenters. The van der Waals surface area contributed by atoms with Crippen LogP contribution in [0.3, 0.4) is 0 Å². The van der Waals surface area contributed by atoms with E-state index >= 15 is 0 Å². The standard InChI is InChI=1S/C16H30N2O/c1-3-13-12-18(9-5-15(13)17-2)14-6-10-19-16(11-14)7-4-8-16/h13-15,17H,3-12H2,1-2H3. The van der Waals surface area contributed by atoms with Gasteiger partial charge in [-0.3, -0.25) is 4.90 Å². The molecule has 3 heteroatoms. The lowest BCUT2D eigenvalue weighted by Gasteiger charge is -2.51. The van der Waals surface area contributed by atoms with Crippen LogP contribution in [0.2, 0.25) is 0 Å². The van der Waals surface area contributed by atoms with Crippen LogP contribution in [0.1, 0.15) is 51.9 Å². The van der Waals surface area contributed by atoms with Gasteiger partial charge in [0, 0.05) is 25.2 Å². The first-order valence-corrected chi connectivity index (χ1v) is 8.31. The fourth-order valence-corrected chi connectivity index (χ4v) is 4.42. The summed E-state index contributed by atoms with van der Waals surface area (Å²) in [6.45, 7) is 5.91. The Morgan fingerprint density at radius 2 is 2.16 bits per heavy atom. The lowest BCUT2D eigenvalue weighted by atomic mass is 9.73. The molecule has 2 saturated heterocycles. The molecule has 19 heavy (non-hydrogen) atoms. The molecular formula is C16H30N2O. The number of hydrogen-bond donors (Lipinski definition) is 1. The molecule has 1 N–H and O–H groups in total. The topological polar surface area (TPSA) is 24.5 Å². The van der Waals surface area contributed by atoms with E-state index in [-0.39, 0.29) is 0 Å². The predicted octanol–water partition coefficient (Wildman–Crippen LogP) is 2.41. The highest BCUT2D eigenvalue weighted by molar-refractivity contribution is 4.98. The van der Waals surface area contributed by atoms with Crippen molar-refractivity contribution < 1.29 is 4.74 Å². The first-order chi connectivity index (χ1) is 9.26. The van der Waals surface area contributed by atoms with Crippen LogP contribution < -0.4 is 5.32 Å². The van der Waals surface area contributed by atoms with Crippen molar-refractivity contribution in [2.45, 2.75) is 69.6 Å². The SMILES string of the molecule is CCC1CN(C2CCOC3(CCC3)C2)CCC1NC. The summed E-state index contributed by atoms with van der Waals surface area (Å²) in [5, 5.41) is 3.52. The fourth-order valence-electron chi connectivity index (χ4n) is 4.42. The first kappa shape index (κ1) is 13.8. The second-order valence-corrected chi connectivity index (χ2v) is 6.88. The summed E-state index contributed by atoms with van der Waals surface area (Å²) in [4.78, 5) is 2.78. The lowest BCUT2D eigenvalue weighted by molar-refractivity contribution is -0.151. The van der Waals surface area contributed by atoms with Gasteiger partial charge in [0.1, 0.15) is 0 Å². The Kier molecular flexibility index (Phi) is 4.16. The zero-order valence-electron chi connectivity index (χ0n) is 12.7. The third-order valence-electron chi connectivity index (χ3n) is 5.91. The molecule has 0 bridgehead atoms. The minimum absolute atomic E-state index is 0.296. The summed E-state index contributed by atoms with van der Waals surface area (Å²) in [6.07, 6.45) is 9.18. The van der Waals surface area contributed by atoms with Gasteiger partial charge in [-0.1, -0.05) is 13.3 Å². The van der Waals surface area contributed by atoms with Gasteiger partial charge in [-0.05, 0) is 58.0 Å². The number of nitrogens with zero attached hydrogens (tertiary/aromatic N) is 1. The van der Waals surface area contributed by atoms with Crippen LogP contribution in [0.25, 0.3) is 0 Å². The molecule has 0 aromatic rings. The predicted molar refractivity (Wildman–Crippen MR) is 78.4 cm³/mol. The van der Waals surface area contributed by atoms with E-state index in [4.69, 9.17) is 4.74 Å². The number of hydrogen-bond acceptors (Lipinski definition) is 3. The minimum Gasteiger partial charge on any atom is -0.375 e. The van der Waals surface area contributed by atoms with Gasteiger partial charge in [0.25, 0.3) is 0 Å². The second kappa shape index (κ2) is 5.71. The molecule has 2 heterocycles. The van der Waals surface area contributed by atoms with Crippen LogP contribution in [0, 0.1) is 5.92 Å². The van der Waals surface area contributed by atoms with Gasteiger partial charge in [0.15, 0.2) is 0 Å². The van der Waals surface area contributed by atoms with E-state index in [0.29, 0.717) is 5.60 Å². The first-order valence-electron chi connectivity index (χ1n) is 8.31. The van der Waals surface area contributed by atoms with Crippen molar-refractivity contribution in [3.63, 3.8) is 0 Å². The Morgan fingerprint density at radius 3 is 2.79 bits per heavy atom. The fraction of sp³-hybridized carbons (Fsp3) is 1.00. The van der Waals surface area contributed by atoms with Crippen LogP contribution in [0.5, 0.6) is 0 Å². The Hall–Kier alpha value is -0.120. The highest BCUT2D eigenvalue weighted by Crippen LogP contribution is 2.43. The van der Waals surface area contributed by atoms with Crippen molar-refractivity contribution in [3.8, 4) is 0 Å². The Labute approximate surface area is 118 Å². The second-order valence-electron chi connectivity index (χ2n) is 6.88. The largest absolute Gasteiger partial charge is 0.375 e. The van der Waals surface area contributed by atoms with Gasteiger partial charge in [0.2, 0.25) is 0 Å². The molecule has 0 aromatic heterocycles. The molecule has 110 valence electrons. The quantitative estimate of drug-likeness (QED) is 0.849. The van der Waals surface area contributed by atoms with Crippen molar-refractivity contribution in [1.29, 1.82) is 0 Å². The molecule has 3 nitrogen and oxygen atoms in total. The Balaban J connectivity index is 1.59. The monoisotopic (exact) mass is 266 g/mol. The van der Waals surface area contributed by atoms with Crippen LogP contribution in [0.15, 0.2) is 0 Å². The van der Waals surface area contributed by atoms with Crippen molar-refractivity contribution in [2.75, 3.05) is 26.7 Å². The van der Waals surface area contributed by atoms with Crippen molar-refractivity contribution in [1.82, 2.24) is 10.2 Å². The van der Waals surface area contributed by atoms with E-state index < -0.39 is 0 Å². The lowest BCUT2D eigenvalue weighted by Crippen LogP contribution is -2.56. The van der Waals surface area contributed by atoms with Gasteiger partial charge in [-0.15, -0.1) is 0 Å². The zero-order valence-corrected chi connectivity index (χ0v) is 12.7. The molecule has 3 aliphatic rings. The highest BCUT2D eigenvalue weighted by Gasteiger charge is 2.44. The number of nitrogens with one attached hydrogen (secondary N) is 1. The Morgan fingerprint density at radius 1 is 1.32 bits per heavy atom. The summed E-state index contributed by atoms with van der Waals surface area (Å²) >= 11 is 0. The van der Waals surface area contributed by atoms with Crippen molar-refractivity contribution in [3.05, 3.63) is 0 Å². The van der Waals surface area contributed by atoms with Gasteiger partial charge >= 0.3 is 0 Å². The van der Waals surface area contributed by atoms with E-state index in [1.807, 2.05) is 0 Å². The average molecular weight is 266 g/mol. The zero-order chi connectivity index (χ0) is 13.3. The van der Waals surface area contributed by atoms with Crippen molar-refractivity contribution in [2.24, 2.45) is 5.92 Å². The van der Waals surface area contributed by atoms with Gasteiger partial charge in [0.05, 0.1) is 5.60 Å².